The van der Waals surface area contributed by atoms with E-state index in [1.807, 2.05) is 24.4 Å². The number of rotatable bonds is 2. The normalized spacial score (nSPS) is 7.73. The lowest BCUT2D eigenvalue weighted by Gasteiger charge is -1.85. The quantitative estimate of drug-likeness (QED) is 0.471. The predicted octanol–water partition coefficient (Wildman–Crippen LogP) is -6.82. The zero-order valence-electron chi connectivity index (χ0n) is 5.89. The highest BCUT2D eigenvalue weighted by Gasteiger charge is 1.96. The number of quaternary nitrogens is 1. The molecule has 1 aromatic rings. The molecule has 0 spiro atoms. The molecule has 0 aliphatic carbocycles. The van der Waals surface area contributed by atoms with Gasteiger partial charge in [0.2, 0.25) is 5.69 Å². The molecule has 5 heteroatoms. The lowest BCUT2D eigenvalue weighted by molar-refractivity contribution is -0.699. The van der Waals surface area contributed by atoms with Crippen LogP contribution >= 0.6 is 0 Å². The van der Waals surface area contributed by atoms with E-state index in [-0.39, 0.29) is 24.8 Å². The average Bonchev–Trinajstić information content (AvgIpc) is 1.91. The minimum atomic E-state index is 0. The minimum absolute atomic E-state index is 0. The maximum Gasteiger partial charge on any atom is 0.212 e. The van der Waals surface area contributed by atoms with Gasteiger partial charge in [-0.25, -0.2) is 10.9 Å². The van der Waals surface area contributed by atoms with Gasteiger partial charge in [-0.3, -0.25) is 0 Å². The Morgan fingerprint density at radius 3 is 2.55 bits per heavy atom. The van der Waals surface area contributed by atoms with Crippen molar-refractivity contribution in [3.8, 4) is 0 Å². The summed E-state index contributed by atoms with van der Waals surface area (Å²) in [4.78, 5) is 7.65. The van der Waals surface area contributed by atoms with Crippen molar-refractivity contribution in [2.24, 2.45) is 0 Å². The largest absolute Gasteiger partial charge is 1.00 e. The van der Waals surface area contributed by atoms with E-state index >= 15 is 0 Å². The van der Waals surface area contributed by atoms with Crippen LogP contribution in [0.25, 0.3) is 0 Å². The fourth-order valence-electron chi connectivity index (χ4n) is 0.630. The maximum absolute atomic E-state index is 4.65. The van der Waals surface area contributed by atoms with Crippen LogP contribution < -0.4 is 35.7 Å². The molecule has 0 amide bonds. The SMILES string of the molecule is [Cl-].[Cl-].[NH3+]OCc1cccc[nH+]1. The van der Waals surface area contributed by atoms with E-state index in [1.54, 1.807) is 0 Å². The summed E-state index contributed by atoms with van der Waals surface area (Å²) < 4.78 is 0. The van der Waals surface area contributed by atoms with E-state index in [0.717, 1.165) is 5.69 Å². The fourth-order valence-corrected chi connectivity index (χ4v) is 0.630. The molecule has 0 fully saturated rings. The molecule has 0 saturated heterocycles. The topological polar surface area (TPSA) is 51.0 Å². The van der Waals surface area contributed by atoms with Gasteiger partial charge in [0.25, 0.3) is 0 Å². The molecule has 1 aromatic heterocycles. The van der Waals surface area contributed by atoms with E-state index in [1.165, 1.54) is 0 Å². The zero-order chi connectivity index (χ0) is 6.53. The van der Waals surface area contributed by atoms with E-state index in [4.69, 9.17) is 0 Å². The minimum Gasteiger partial charge on any atom is -1.00 e. The van der Waals surface area contributed by atoms with Gasteiger partial charge in [-0.1, -0.05) is 6.07 Å². The monoisotopic (exact) mass is 196 g/mol. The van der Waals surface area contributed by atoms with Crippen LogP contribution in [0.4, 0.5) is 0 Å². The van der Waals surface area contributed by atoms with Crippen LogP contribution in [0.5, 0.6) is 0 Å². The average molecular weight is 197 g/mol. The Bertz CT molecular complexity index is 171. The summed E-state index contributed by atoms with van der Waals surface area (Å²) in [7, 11) is 0. The molecule has 11 heavy (non-hydrogen) atoms. The first-order valence-corrected chi connectivity index (χ1v) is 2.76. The van der Waals surface area contributed by atoms with Crippen molar-refractivity contribution in [3.05, 3.63) is 30.1 Å². The van der Waals surface area contributed by atoms with Crippen molar-refractivity contribution < 1.29 is 40.5 Å². The number of aromatic amines is 1. The fraction of sp³-hybridized carbons (Fsp3) is 0.167. The van der Waals surface area contributed by atoms with Gasteiger partial charge in [0.05, 0.1) is 0 Å². The van der Waals surface area contributed by atoms with Crippen LogP contribution in [0.3, 0.4) is 0 Å². The summed E-state index contributed by atoms with van der Waals surface area (Å²) in [5, 5.41) is 0. The first-order valence-electron chi connectivity index (χ1n) is 2.76. The van der Waals surface area contributed by atoms with Crippen LogP contribution in [0.2, 0.25) is 0 Å². The third-order valence-electron chi connectivity index (χ3n) is 1.03. The van der Waals surface area contributed by atoms with Crippen LogP contribution in [0.1, 0.15) is 5.69 Å². The second kappa shape index (κ2) is 7.75. The molecule has 3 nitrogen and oxygen atoms in total. The Balaban J connectivity index is 0. The van der Waals surface area contributed by atoms with E-state index in [9.17, 15) is 0 Å². The van der Waals surface area contributed by atoms with Crippen molar-refractivity contribution in [1.82, 2.24) is 0 Å². The third kappa shape index (κ3) is 4.98. The summed E-state index contributed by atoms with van der Waals surface area (Å²) in [6.07, 6.45) is 1.86. The lowest BCUT2D eigenvalue weighted by Crippen LogP contribution is -3.00. The van der Waals surface area contributed by atoms with Crippen molar-refractivity contribution in [1.29, 1.82) is 0 Å². The highest BCUT2D eigenvalue weighted by atomic mass is 35.5. The Morgan fingerprint density at radius 2 is 2.09 bits per heavy atom. The van der Waals surface area contributed by atoms with Gasteiger partial charge in [-0.05, 0) is 0 Å². The standard InChI is InChI=1S/C6H9N2O.2ClH/c7-9-5-6-3-1-2-4-8-6;;/h1-4H,5H2,7H3;2*1H/q+1;;/p-1. The third-order valence-corrected chi connectivity index (χ3v) is 1.03. The summed E-state index contributed by atoms with van der Waals surface area (Å²) in [5.74, 6) is 3.26. The molecule has 0 aliphatic heterocycles. The van der Waals surface area contributed by atoms with Gasteiger partial charge in [0, 0.05) is 12.1 Å². The van der Waals surface area contributed by atoms with Crippen LogP contribution in [0, 0.1) is 0 Å². The van der Waals surface area contributed by atoms with Gasteiger partial charge in [-0.2, -0.15) is 4.84 Å². The van der Waals surface area contributed by atoms with Crippen molar-refractivity contribution in [2.45, 2.75) is 6.61 Å². The number of hydrogen-bond donors (Lipinski definition) is 1. The van der Waals surface area contributed by atoms with Crippen molar-refractivity contribution >= 4 is 0 Å². The number of nitrogens with one attached hydrogen (secondary N) is 1. The molecule has 0 unspecified atom stereocenters. The molecule has 4 N–H and O–H groups in total. The molecule has 0 aromatic carbocycles. The molecule has 64 valence electrons. The number of aromatic nitrogens is 1. The number of halogens is 2. The van der Waals surface area contributed by atoms with Crippen LogP contribution in [-0.4, -0.2) is 0 Å². The number of pyridine rings is 1. The van der Waals surface area contributed by atoms with E-state index in [0.29, 0.717) is 6.61 Å². The summed E-state index contributed by atoms with van der Waals surface area (Å²) >= 11 is 0. The Kier molecular flexibility index (Phi) is 9.34. The molecular formula is C6H10Cl2N2O. The molecule has 0 atom stereocenters. The highest BCUT2D eigenvalue weighted by Crippen LogP contribution is 1.86. The first-order chi connectivity index (χ1) is 4.43. The van der Waals surface area contributed by atoms with Gasteiger partial charge in [-0.15, -0.1) is 0 Å². The summed E-state index contributed by atoms with van der Waals surface area (Å²) in [6, 6.07) is 5.82. The first kappa shape index (κ1) is 13.3. The van der Waals surface area contributed by atoms with E-state index in [2.05, 4.69) is 15.7 Å². The number of hydrogen-bond acceptors (Lipinski definition) is 1. The molecule has 1 heterocycles. The van der Waals surface area contributed by atoms with Crippen LogP contribution in [0.15, 0.2) is 24.4 Å². The van der Waals surface area contributed by atoms with Gasteiger partial charge < -0.3 is 24.8 Å². The molecule has 0 radical (unpaired) electrons. The smallest absolute Gasteiger partial charge is 0.212 e. The van der Waals surface area contributed by atoms with Gasteiger partial charge in [0.15, 0.2) is 12.8 Å². The Morgan fingerprint density at radius 1 is 1.36 bits per heavy atom. The van der Waals surface area contributed by atoms with Gasteiger partial charge >= 0.3 is 0 Å². The molecular weight excluding hydrogens is 187 g/mol. The molecule has 0 bridgehead atoms. The van der Waals surface area contributed by atoms with Crippen molar-refractivity contribution in [2.75, 3.05) is 0 Å². The summed E-state index contributed by atoms with van der Waals surface area (Å²) in [5.41, 5.74) is 1.03. The second-order valence-electron chi connectivity index (χ2n) is 1.74. The Labute approximate surface area is 77.7 Å². The number of H-pyrrole nitrogens is 1. The lowest BCUT2D eigenvalue weighted by atomic mass is 10.4. The Hall–Kier alpha value is -0.350. The maximum atomic E-state index is 4.65. The van der Waals surface area contributed by atoms with Gasteiger partial charge in [0.1, 0.15) is 0 Å². The molecule has 0 aliphatic rings. The molecule has 0 saturated carbocycles. The highest BCUT2D eigenvalue weighted by molar-refractivity contribution is 4.94. The van der Waals surface area contributed by atoms with Crippen molar-refractivity contribution in [3.63, 3.8) is 0 Å². The van der Waals surface area contributed by atoms with E-state index < -0.39 is 0 Å². The predicted molar refractivity (Wildman–Crippen MR) is 30.7 cm³/mol. The second-order valence-corrected chi connectivity index (χ2v) is 1.74. The molecule has 1 rings (SSSR count). The summed E-state index contributed by atoms with van der Waals surface area (Å²) in [6.45, 7) is 0.542. The van der Waals surface area contributed by atoms with Crippen LogP contribution in [-0.2, 0) is 11.4 Å². The zero-order valence-corrected chi connectivity index (χ0v) is 7.40.